The molecule has 2 N–H and O–H groups in total. The second-order valence-corrected chi connectivity index (χ2v) is 8.15. The van der Waals surface area contributed by atoms with Crippen LogP contribution in [0.15, 0.2) is 4.99 Å². The Hall–Kier alpha value is -0.120. The molecule has 1 heterocycles. The number of rotatable bonds is 9. The van der Waals surface area contributed by atoms with E-state index in [1.54, 1.807) is 0 Å². The van der Waals surface area contributed by atoms with Gasteiger partial charge >= 0.3 is 0 Å². The number of halogens is 1. The maximum atomic E-state index is 5.83. The summed E-state index contributed by atoms with van der Waals surface area (Å²) in [6, 6.07) is 0. The molecule has 1 aliphatic carbocycles. The number of nitrogens with one attached hydrogen (secondary N) is 2. The van der Waals surface area contributed by atoms with Gasteiger partial charge in [0.15, 0.2) is 5.96 Å². The van der Waals surface area contributed by atoms with Crippen molar-refractivity contribution < 1.29 is 9.47 Å². The van der Waals surface area contributed by atoms with Crippen molar-refractivity contribution >= 4 is 29.9 Å². The number of hydrogen-bond acceptors (Lipinski definition) is 4. The predicted octanol–water partition coefficient (Wildman–Crippen LogP) is 2.87. The van der Waals surface area contributed by atoms with E-state index in [9.17, 15) is 0 Å². The Morgan fingerprint density at radius 2 is 2.11 bits per heavy atom. The van der Waals surface area contributed by atoms with E-state index in [4.69, 9.17) is 14.5 Å². The Morgan fingerprint density at radius 1 is 1.30 bits per heavy atom. The summed E-state index contributed by atoms with van der Waals surface area (Å²) in [6.07, 6.45) is 7.44. The number of hydrogen-bond donors (Lipinski definition) is 2. The lowest BCUT2D eigenvalue weighted by Gasteiger charge is -2.44. The Labute approximate surface area is 183 Å². The van der Waals surface area contributed by atoms with Gasteiger partial charge in [-0.2, -0.15) is 0 Å². The first-order valence-electron chi connectivity index (χ1n) is 10.4. The summed E-state index contributed by atoms with van der Waals surface area (Å²) >= 11 is 0. The molecular weight excluding hydrogens is 455 g/mol. The third-order valence-corrected chi connectivity index (χ3v) is 5.75. The number of aliphatic imine (C=N–C) groups is 1. The van der Waals surface area contributed by atoms with Gasteiger partial charge in [0.05, 0.1) is 19.3 Å². The molecule has 0 radical (unpaired) electrons. The van der Waals surface area contributed by atoms with Crippen molar-refractivity contribution in [2.45, 2.75) is 64.0 Å². The molecule has 0 spiro atoms. The Balaban J connectivity index is 0.00000364. The van der Waals surface area contributed by atoms with E-state index in [0.717, 1.165) is 64.2 Å². The zero-order valence-corrected chi connectivity index (χ0v) is 20.1. The van der Waals surface area contributed by atoms with Gasteiger partial charge in [0.2, 0.25) is 0 Å². The largest absolute Gasteiger partial charge is 0.379 e. The maximum Gasteiger partial charge on any atom is 0.191 e. The fraction of sp³-hybridized carbons (Fsp3) is 0.950. The molecule has 6 nitrogen and oxygen atoms in total. The summed E-state index contributed by atoms with van der Waals surface area (Å²) < 4.78 is 11.2. The lowest BCUT2D eigenvalue weighted by atomic mass is 9.75. The normalized spacial score (nSPS) is 28.9. The summed E-state index contributed by atoms with van der Waals surface area (Å²) in [6.45, 7) is 9.48. The predicted molar refractivity (Wildman–Crippen MR) is 123 cm³/mol. The molecule has 27 heavy (non-hydrogen) atoms. The van der Waals surface area contributed by atoms with E-state index in [0.29, 0.717) is 6.10 Å². The smallest absolute Gasteiger partial charge is 0.191 e. The van der Waals surface area contributed by atoms with Crippen molar-refractivity contribution in [2.24, 2.45) is 10.9 Å². The van der Waals surface area contributed by atoms with Gasteiger partial charge in [-0.3, -0.25) is 4.99 Å². The highest BCUT2D eigenvalue weighted by Gasteiger charge is 2.36. The van der Waals surface area contributed by atoms with Gasteiger partial charge in [-0.05, 0) is 52.6 Å². The van der Waals surface area contributed by atoms with Crippen LogP contribution in [0.2, 0.25) is 0 Å². The number of guanidine groups is 1. The molecule has 0 bridgehead atoms. The molecule has 160 valence electrons. The fourth-order valence-corrected chi connectivity index (χ4v) is 4.06. The van der Waals surface area contributed by atoms with Crippen LogP contribution < -0.4 is 10.6 Å². The zero-order chi connectivity index (χ0) is 18.8. The second-order valence-electron chi connectivity index (χ2n) is 8.15. The van der Waals surface area contributed by atoms with Crippen LogP contribution in [0, 0.1) is 5.92 Å². The Bertz CT molecular complexity index is 430. The maximum absolute atomic E-state index is 5.83. The van der Waals surface area contributed by atoms with Crippen LogP contribution in [0.5, 0.6) is 0 Å². The molecule has 2 rings (SSSR count). The average Bonchev–Trinajstić information content (AvgIpc) is 3.12. The van der Waals surface area contributed by atoms with E-state index in [1.165, 1.54) is 25.7 Å². The van der Waals surface area contributed by atoms with Gasteiger partial charge in [-0.1, -0.05) is 19.8 Å². The lowest BCUT2D eigenvalue weighted by Crippen LogP contribution is -2.51. The van der Waals surface area contributed by atoms with Crippen molar-refractivity contribution in [1.82, 2.24) is 15.5 Å². The van der Waals surface area contributed by atoms with Crippen LogP contribution in [0.4, 0.5) is 0 Å². The summed E-state index contributed by atoms with van der Waals surface area (Å²) in [4.78, 5) is 7.33. The minimum atomic E-state index is 0. The molecule has 0 aromatic rings. The van der Waals surface area contributed by atoms with E-state index in [1.807, 2.05) is 0 Å². The molecular formula is C20H41IN4O2. The van der Waals surface area contributed by atoms with Crippen LogP contribution in [-0.4, -0.2) is 76.1 Å². The highest BCUT2D eigenvalue weighted by Crippen LogP contribution is 2.35. The molecule has 1 aliphatic heterocycles. The van der Waals surface area contributed by atoms with Gasteiger partial charge in [0.1, 0.15) is 0 Å². The van der Waals surface area contributed by atoms with Crippen LogP contribution in [0.25, 0.3) is 0 Å². The topological polar surface area (TPSA) is 58.1 Å². The molecule has 3 atom stereocenters. The molecule has 2 aliphatic rings. The molecule has 7 heteroatoms. The standard InChI is InChI=1S/C20H40N4O2.HI/c1-5-21-19(22-11-7-12-26-18-9-13-25-15-18)23-16-20(24(3)4)10-6-8-17(2)14-20;/h17-18H,5-16H2,1-4H3,(H2,21,22,23);1H. The molecule has 2 fully saturated rings. The van der Waals surface area contributed by atoms with Gasteiger partial charge < -0.3 is 25.0 Å². The molecule has 0 aromatic carbocycles. The first-order chi connectivity index (χ1) is 12.6. The third-order valence-electron chi connectivity index (χ3n) is 5.75. The average molecular weight is 496 g/mol. The number of nitrogens with zero attached hydrogens (tertiary/aromatic N) is 2. The second kappa shape index (κ2) is 13.2. The fourth-order valence-electron chi connectivity index (χ4n) is 4.06. The third kappa shape index (κ3) is 8.41. The van der Waals surface area contributed by atoms with Gasteiger partial charge in [-0.25, -0.2) is 0 Å². The first-order valence-corrected chi connectivity index (χ1v) is 10.4. The summed E-state index contributed by atoms with van der Waals surface area (Å²) in [5.74, 6) is 1.71. The van der Waals surface area contributed by atoms with E-state index >= 15 is 0 Å². The number of likely N-dealkylation sites (N-methyl/N-ethyl adjacent to an activating group) is 1. The monoisotopic (exact) mass is 496 g/mol. The minimum Gasteiger partial charge on any atom is -0.379 e. The lowest BCUT2D eigenvalue weighted by molar-refractivity contribution is 0.0419. The Kier molecular flexibility index (Phi) is 12.2. The zero-order valence-electron chi connectivity index (χ0n) is 17.8. The van der Waals surface area contributed by atoms with Gasteiger partial charge in [0.25, 0.3) is 0 Å². The highest BCUT2D eigenvalue weighted by atomic mass is 127. The molecule has 0 aromatic heterocycles. The minimum absolute atomic E-state index is 0. The van der Waals surface area contributed by atoms with Gasteiger partial charge in [-0.15, -0.1) is 24.0 Å². The van der Waals surface area contributed by atoms with Crippen LogP contribution >= 0.6 is 24.0 Å². The first kappa shape index (κ1) is 24.9. The molecule has 1 saturated carbocycles. The molecule has 1 saturated heterocycles. The quantitative estimate of drug-likeness (QED) is 0.223. The van der Waals surface area contributed by atoms with Crippen molar-refractivity contribution in [3.05, 3.63) is 0 Å². The Morgan fingerprint density at radius 3 is 2.74 bits per heavy atom. The van der Waals surface area contributed by atoms with E-state index < -0.39 is 0 Å². The summed E-state index contributed by atoms with van der Waals surface area (Å²) in [7, 11) is 4.41. The van der Waals surface area contributed by atoms with E-state index in [2.05, 4.69) is 43.5 Å². The van der Waals surface area contributed by atoms with Crippen LogP contribution in [-0.2, 0) is 9.47 Å². The van der Waals surface area contributed by atoms with Crippen molar-refractivity contribution in [2.75, 3.05) is 53.6 Å². The van der Waals surface area contributed by atoms with E-state index in [-0.39, 0.29) is 29.5 Å². The molecule has 3 unspecified atom stereocenters. The highest BCUT2D eigenvalue weighted by molar-refractivity contribution is 14.0. The molecule has 0 amide bonds. The van der Waals surface area contributed by atoms with Crippen molar-refractivity contribution in [3.8, 4) is 0 Å². The van der Waals surface area contributed by atoms with Crippen molar-refractivity contribution in [3.63, 3.8) is 0 Å². The summed E-state index contributed by atoms with van der Waals surface area (Å²) in [5.41, 5.74) is 0.200. The summed E-state index contributed by atoms with van der Waals surface area (Å²) in [5, 5.41) is 6.84. The van der Waals surface area contributed by atoms with Crippen molar-refractivity contribution in [1.29, 1.82) is 0 Å². The van der Waals surface area contributed by atoms with Crippen LogP contribution in [0.3, 0.4) is 0 Å². The van der Waals surface area contributed by atoms with Gasteiger partial charge in [0, 0.05) is 31.8 Å². The SMILES string of the molecule is CCNC(=NCC1(N(C)C)CCCC(C)C1)NCCCOC1CCOC1.I. The van der Waals surface area contributed by atoms with Crippen LogP contribution in [0.1, 0.15) is 52.4 Å². The number of ether oxygens (including phenoxy) is 2.